The number of amides is 1. The van der Waals surface area contributed by atoms with Crippen LogP contribution in [0.15, 0.2) is 0 Å². The Morgan fingerprint density at radius 1 is 1.38 bits per heavy atom. The summed E-state index contributed by atoms with van der Waals surface area (Å²) in [5.74, 6) is -0.466. The van der Waals surface area contributed by atoms with Crippen LogP contribution in [-0.4, -0.2) is 42.5 Å². The van der Waals surface area contributed by atoms with Gasteiger partial charge in [-0.2, -0.15) is 0 Å². The zero-order chi connectivity index (χ0) is 13.2. The molecule has 0 fully saturated rings. The minimum atomic E-state index is -4.07. The predicted molar refractivity (Wildman–Crippen MR) is 61.4 cm³/mol. The average molecular weight is 366 g/mol. The number of rotatable bonds is 5. The van der Waals surface area contributed by atoms with E-state index in [2.05, 4.69) is 5.32 Å². The molecule has 7 heteroatoms. The van der Waals surface area contributed by atoms with Gasteiger partial charge in [0.15, 0.2) is 0 Å². The summed E-state index contributed by atoms with van der Waals surface area (Å²) in [5, 5.41) is 2.71. The van der Waals surface area contributed by atoms with Gasteiger partial charge in [-0.05, 0) is 0 Å². The zero-order valence-electron chi connectivity index (χ0n) is 10.4. The van der Waals surface area contributed by atoms with E-state index in [1.54, 1.807) is 13.8 Å². The molecule has 0 radical (unpaired) electrons. The Bertz CT molecular complexity index is 362. The molecular weight excluding hydrogens is 345 g/mol. The van der Waals surface area contributed by atoms with Crippen molar-refractivity contribution in [2.75, 3.05) is 20.0 Å². The van der Waals surface area contributed by atoms with Crippen molar-refractivity contribution in [3.05, 3.63) is 0 Å². The Hall–Kier alpha value is 0.110. The third-order valence-electron chi connectivity index (χ3n) is 2.11. The van der Waals surface area contributed by atoms with Crippen LogP contribution in [-0.2, 0) is 10.1 Å². The molecule has 0 spiro atoms. The maximum atomic E-state index is 11.9. The summed E-state index contributed by atoms with van der Waals surface area (Å²) < 4.78 is 31.1. The van der Waals surface area contributed by atoms with Gasteiger partial charge in [0.1, 0.15) is 0 Å². The molecule has 0 heterocycles. The SMILES string of the molecule is CC[I-](C)(C)C(=O)NC(C)(C)CS(=O)(=O)O. The van der Waals surface area contributed by atoms with E-state index in [1.165, 1.54) is 0 Å². The molecule has 0 aromatic carbocycles. The van der Waals surface area contributed by atoms with Crippen molar-refractivity contribution < 1.29 is 36.2 Å². The van der Waals surface area contributed by atoms with Crippen molar-refractivity contribution >= 4 is 14.0 Å². The minimum absolute atomic E-state index is 0.0388. The number of halogens is 1. The third kappa shape index (κ3) is 6.00. The van der Waals surface area contributed by atoms with Crippen LogP contribution in [0.25, 0.3) is 0 Å². The molecule has 0 rings (SSSR count). The molecule has 0 aliphatic heterocycles. The second-order valence-corrected chi connectivity index (χ2v) is 16.8. The molecular formula is C9H21INO4S-. The fourth-order valence-electron chi connectivity index (χ4n) is 1.01. The van der Waals surface area contributed by atoms with E-state index in [1.807, 2.05) is 16.8 Å². The molecule has 0 atom stereocenters. The van der Waals surface area contributed by atoms with Crippen LogP contribution < -0.4 is 23.8 Å². The molecule has 0 bridgehead atoms. The molecule has 100 valence electrons. The molecule has 0 aromatic heterocycles. The molecule has 0 aliphatic rings. The third-order valence-corrected chi connectivity index (χ3v) is 9.94. The molecule has 2 N–H and O–H groups in total. The normalized spacial score (nSPS) is 14.6. The summed E-state index contributed by atoms with van der Waals surface area (Å²) in [6.07, 6.45) is 0. The number of carbonyl (C=O) groups is 1. The van der Waals surface area contributed by atoms with Gasteiger partial charge in [0, 0.05) is 0 Å². The van der Waals surface area contributed by atoms with Gasteiger partial charge in [0.2, 0.25) is 0 Å². The van der Waals surface area contributed by atoms with Crippen LogP contribution in [0.4, 0.5) is 4.79 Å². The molecule has 0 saturated heterocycles. The Balaban J connectivity index is 4.67. The van der Waals surface area contributed by atoms with Gasteiger partial charge < -0.3 is 0 Å². The second-order valence-electron chi connectivity index (χ2n) is 4.70. The average Bonchev–Trinajstić information content (AvgIpc) is 1.98. The van der Waals surface area contributed by atoms with Crippen LogP contribution in [0.5, 0.6) is 0 Å². The summed E-state index contributed by atoms with van der Waals surface area (Å²) in [6.45, 7) is 5.14. The van der Waals surface area contributed by atoms with Crippen molar-refractivity contribution in [3.63, 3.8) is 0 Å². The number of hydrogen-bond acceptors (Lipinski definition) is 3. The van der Waals surface area contributed by atoms with E-state index < -0.39 is 39.8 Å². The van der Waals surface area contributed by atoms with E-state index in [0.717, 1.165) is 4.43 Å². The Morgan fingerprint density at radius 3 is 2.12 bits per heavy atom. The first kappa shape index (κ1) is 16.1. The fraction of sp³-hybridized carbons (Fsp3) is 0.889. The van der Waals surface area contributed by atoms with Gasteiger partial charge in [-0.25, -0.2) is 0 Å². The quantitative estimate of drug-likeness (QED) is 0.190. The van der Waals surface area contributed by atoms with Crippen LogP contribution >= 0.6 is 0 Å². The van der Waals surface area contributed by atoms with E-state index in [4.69, 9.17) is 4.55 Å². The first-order valence-electron chi connectivity index (χ1n) is 4.78. The second kappa shape index (κ2) is 5.18. The molecule has 0 saturated carbocycles. The molecule has 16 heavy (non-hydrogen) atoms. The van der Waals surface area contributed by atoms with Crippen molar-refractivity contribution in [1.82, 2.24) is 5.32 Å². The number of alkyl halides is 3. The van der Waals surface area contributed by atoms with Crippen LogP contribution in [0.3, 0.4) is 0 Å². The van der Waals surface area contributed by atoms with Crippen LogP contribution in [0, 0.1) is 0 Å². The van der Waals surface area contributed by atoms with Gasteiger partial charge in [0.05, 0.1) is 0 Å². The number of hydrogen-bond donors (Lipinski definition) is 2. The first-order valence-corrected chi connectivity index (χ1v) is 13.3. The standard InChI is InChI=1S/C9H21INO4S/c1-6-10(4,5)8(12)11-9(2,3)7-16(13,14)15/h6-7H2,1-5H3,(H,11,12)(H,13,14,15)/q-1. The fourth-order valence-corrected chi connectivity index (χ4v) is 4.14. The van der Waals surface area contributed by atoms with Crippen LogP contribution in [0.1, 0.15) is 20.8 Å². The van der Waals surface area contributed by atoms with Gasteiger partial charge in [-0.15, -0.1) is 0 Å². The summed E-state index contributed by atoms with van der Waals surface area (Å²) in [6, 6.07) is 0. The monoisotopic (exact) mass is 366 g/mol. The van der Waals surface area contributed by atoms with Crippen molar-refractivity contribution in [2.45, 2.75) is 26.3 Å². The van der Waals surface area contributed by atoms with Crippen molar-refractivity contribution in [1.29, 1.82) is 0 Å². The van der Waals surface area contributed by atoms with Crippen molar-refractivity contribution in [2.24, 2.45) is 0 Å². The molecule has 0 aliphatic carbocycles. The Labute approximate surface area is 102 Å². The van der Waals surface area contributed by atoms with Crippen molar-refractivity contribution in [3.8, 4) is 0 Å². The van der Waals surface area contributed by atoms with Gasteiger partial charge >= 0.3 is 102 Å². The van der Waals surface area contributed by atoms with Gasteiger partial charge in [0.25, 0.3) is 0 Å². The van der Waals surface area contributed by atoms with Gasteiger partial charge in [-0.1, -0.05) is 0 Å². The molecule has 0 aromatic rings. The number of nitrogens with one attached hydrogen (secondary N) is 1. The molecule has 1 amide bonds. The van der Waals surface area contributed by atoms with Gasteiger partial charge in [-0.3, -0.25) is 0 Å². The molecule has 0 unspecified atom stereocenters. The Morgan fingerprint density at radius 2 is 1.81 bits per heavy atom. The maximum absolute atomic E-state index is 11.9. The molecule has 5 nitrogen and oxygen atoms in total. The topological polar surface area (TPSA) is 83.5 Å². The van der Waals surface area contributed by atoms with E-state index in [-0.39, 0.29) is 3.91 Å². The Kier molecular flexibility index (Phi) is 5.21. The van der Waals surface area contributed by atoms with Crippen LogP contribution in [0.2, 0.25) is 0 Å². The van der Waals surface area contributed by atoms with E-state index in [0.29, 0.717) is 0 Å². The summed E-state index contributed by atoms with van der Waals surface area (Å²) in [4.78, 5) is 15.8. The predicted octanol–water partition coefficient (Wildman–Crippen LogP) is -2.20. The van der Waals surface area contributed by atoms with E-state index >= 15 is 0 Å². The summed E-state index contributed by atoms with van der Waals surface area (Å²) >= 11 is -2.42. The summed E-state index contributed by atoms with van der Waals surface area (Å²) in [7, 11) is -4.07. The first-order chi connectivity index (χ1) is 6.90. The zero-order valence-corrected chi connectivity index (χ0v) is 13.3. The number of carbonyl (C=O) groups excluding carboxylic acids is 1. The van der Waals surface area contributed by atoms with E-state index in [9.17, 15) is 13.2 Å². The summed E-state index contributed by atoms with van der Waals surface area (Å²) in [5.41, 5.74) is -0.930.